The second-order valence-electron chi connectivity index (χ2n) is 9.26. The van der Waals surface area contributed by atoms with Crippen molar-refractivity contribution in [1.82, 2.24) is 10.2 Å². The van der Waals surface area contributed by atoms with Crippen LogP contribution in [0.25, 0.3) is 0 Å². The van der Waals surface area contributed by atoms with Crippen LogP contribution in [0.2, 0.25) is 0 Å². The number of sulfonamides is 1. The molecule has 0 unspecified atom stereocenters. The molecule has 0 spiro atoms. The van der Waals surface area contributed by atoms with Crippen LogP contribution in [0.15, 0.2) is 42.5 Å². The Hall–Kier alpha value is -3.21. The fourth-order valence-electron chi connectivity index (χ4n) is 4.33. The summed E-state index contributed by atoms with van der Waals surface area (Å²) in [6.45, 7) is 0.917. The summed E-state index contributed by atoms with van der Waals surface area (Å²) in [7, 11) is -2.52. The van der Waals surface area contributed by atoms with Gasteiger partial charge in [-0.15, -0.1) is 0 Å². The van der Waals surface area contributed by atoms with Crippen LogP contribution in [0.5, 0.6) is 5.75 Å². The van der Waals surface area contributed by atoms with Crippen LogP contribution < -0.4 is 14.4 Å². The molecular formula is C26H33F2N3O5S. The lowest BCUT2D eigenvalue weighted by Crippen LogP contribution is -2.53. The first-order valence-corrected chi connectivity index (χ1v) is 14.0. The molecule has 0 aliphatic heterocycles. The fourth-order valence-corrected chi connectivity index (χ4v) is 5.17. The zero-order chi connectivity index (χ0) is 27.2. The quantitative estimate of drug-likeness (QED) is 0.500. The molecule has 1 fully saturated rings. The first-order chi connectivity index (χ1) is 17.5. The molecular weight excluding hydrogens is 504 g/mol. The second kappa shape index (κ2) is 12.4. The van der Waals surface area contributed by atoms with E-state index in [1.807, 2.05) is 0 Å². The average molecular weight is 538 g/mol. The highest BCUT2D eigenvalue weighted by Gasteiger charge is 2.31. The molecule has 0 saturated heterocycles. The standard InChI is InChI=1S/C26H33F2N3O5S/c1-18(26(33)29-20-7-5-4-6-8-20)30(16-19-9-12-22(36-2)13-10-19)25(32)17-31(37(3,34)35)21-11-14-23(27)24(28)15-21/h9-15,18,20H,4-8,16-17H2,1-3H3,(H,29,33)/t18-/m0/s1. The van der Waals surface area contributed by atoms with Crippen LogP contribution in [-0.2, 0) is 26.2 Å². The number of nitrogens with one attached hydrogen (secondary N) is 1. The zero-order valence-corrected chi connectivity index (χ0v) is 22.1. The van der Waals surface area contributed by atoms with Crippen molar-refractivity contribution in [2.24, 2.45) is 0 Å². The van der Waals surface area contributed by atoms with Crippen molar-refractivity contribution in [1.29, 1.82) is 0 Å². The number of methoxy groups -OCH3 is 1. The van der Waals surface area contributed by atoms with Gasteiger partial charge in [-0.05, 0) is 49.6 Å². The Kier molecular flexibility index (Phi) is 9.47. The third-order valence-corrected chi connectivity index (χ3v) is 7.64. The Balaban J connectivity index is 1.88. The van der Waals surface area contributed by atoms with Gasteiger partial charge in [-0.25, -0.2) is 17.2 Å². The maximum absolute atomic E-state index is 13.9. The summed E-state index contributed by atoms with van der Waals surface area (Å²) in [6, 6.07) is 8.63. The number of nitrogens with zero attached hydrogens (tertiary/aromatic N) is 2. The molecule has 0 bridgehead atoms. The number of benzene rings is 2. The van der Waals surface area contributed by atoms with Crippen LogP contribution in [0, 0.1) is 11.6 Å². The Bertz CT molecular complexity index is 1200. The Morgan fingerprint density at radius 2 is 1.70 bits per heavy atom. The third-order valence-electron chi connectivity index (χ3n) is 6.50. The van der Waals surface area contributed by atoms with E-state index < -0.39 is 40.2 Å². The van der Waals surface area contributed by atoms with E-state index in [1.165, 1.54) is 12.0 Å². The monoisotopic (exact) mass is 537 g/mol. The molecule has 37 heavy (non-hydrogen) atoms. The van der Waals surface area contributed by atoms with Crippen molar-refractivity contribution >= 4 is 27.5 Å². The topological polar surface area (TPSA) is 96.0 Å². The van der Waals surface area contributed by atoms with E-state index in [0.717, 1.165) is 56.6 Å². The van der Waals surface area contributed by atoms with Crippen LogP contribution in [-0.4, -0.2) is 57.1 Å². The number of rotatable bonds is 10. The van der Waals surface area contributed by atoms with Crippen LogP contribution in [0.3, 0.4) is 0 Å². The first kappa shape index (κ1) is 28.4. The SMILES string of the molecule is COc1ccc(CN(C(=O)CN(c2ccc(F)c(F)c2)S(C)(=O)=O)[C@@H](C)C(=O)NC2CCCCC2)cc1. The molecule has 1 N–H and O–H groups in total. The lowest BCUT2D eigenvalue weighted by Gasteiger charge is -2.33. The van der Waals surface area contributed by atoms with Gasteiger partial charge in [0.05, 0.1) is 19.1 Å². The highest BCUT2D eigenvalue weighted by Crippen LogP contribution is 2.23. The summed E-state index contributed by atoms with van der Waals surface area (Å²) < 4.78 is 58.3. The minimum Gasteiger partial charge on any atom is -0.497 e. The van der Waals surface area contributed by atoms with Gasteiger partial charge in [-0.1, -0.05) is 31.4 Å². The van der Waals surface area contributed by atoms with E-state index in [1.54, 1.807) is 31.2 Å². The molecule has 0 aromatic heterocycles. The number of amides is 2. The molecule has 202 valence electrons. The highest BCUT2D eigenvalue weighted by molar-refractivity contribution is 7.92. The molecule has 2 amide bonds. The molecule has 1 aliphatic carbocycles. The molecule has 2 aromatic carbocycles. The van der Waals surface area contributed by atoms with Crippen molar-refractivity contribution in [2.75, 3.05) is 24.2 Å². The van der Waals surface area contributed by atoms with Crippen molar-refractivity contribution in [3.05, 3.63) is 59.7 Å². The van der Waals surface area contributed by atoms with E-state index in [2.05, 4.69) is 5.32 Å². The number of ether oxygens (including phenoxy) is 1. The molecule has 0 radical (unpaired) electrons. The minimum atomic E-state index is -4.05. The molecule has 1 atom stereocenters. The zero-order valence-electron chi connectivity index (χ0n) is 21.2. The summed E-state index contributed by atoms with van der Waals surface area (Å²) in [6.07, 6.45) is 5.76. The van der Waals surface area contributed by atoms with Gasteiger partial charge in [0.15, 0.2) is 11.6 Å². The molecule has 0 heterocycles. The predicted octanol–water partition coefficient (Wildman–Crippen LogP) is 3.61. The summed E-state index contributed by atoms with van der Waals surface area (Å²) >= 11 is 0. The highest BCUT2D eigenvalue weighted by atomic mass is 32.2. The van der Waals surface area contributed by atoms with Crippen molar-refractivity contribution in [2.45, 2.75) is 57.7 Å². The maximum atomic E-state index is 13.9. The maximum Gasteiger partial charge on any atom is 0.244 e. The van der Waals surface area contributed by atoms with Crippen LogP contribution >= 0.6 is 0 Å². The van der Waals surface area contributed by atoms with Gasteiger partial charge >= 0.3 is 0 Å². The van der Waals surface area contributed by atoms with E-state index in [4.69, 9.17) is 4.74 Å². The van der Waals surface area contributed by atoms with Gasteiger partial charge in [0.25, 0.3) is 0 Å². The summed E-state index contributed by atoms with van der Waals surface area (Å²) in [5.41, 5.74) is 0.503. The van der Waals surface area contributed by atoms with Gasteiger partial charge in [0, 0.05) is 18.7 Å². The Morgan fingerprint density at radius 3 is 2.27 bits per heavy atom. The molecule has 1 aliphatic rings. The largest absolute Gasteiger partial charge is 0.497 e. The number of hydrogen-bond acceptors (Lipinski definition) is 5. The summed E-state index contributed by atoms with van der Waals surface area (Å²) in [5, 5.41) is 3.01. The van der Waals surface area contributed by atoms with Crippen molar-refractivity contribution in [3.8, 4) is 5.75 Å². The molecule has 11 heteroatoms. The smallest absolute Gasteiger partial charge is 0.244 e. The van der Waals surface area contributed by atoms with Gasteiger partial charge in [0.1, 0.15) is 18.3 Å². The first-order valence-electron chi connectivity index (χ1n) is 12.1. The van der Waals surface area contributed by atoms with Gasteiger partial charge in [-0.3, -0.25) is 13.9 Å². The fraction of sp³-hybridized carbons (Fsp3) is 0.462. The molecule has 2 aromatic rings. The van der Waals surface area contributed by atoms with E-state index in [0.29, 0.717) is 15.6 Å². The molecule has 3 rings (SSSR count). The lowest BCUT2D eigenvalue weighted by atomic mass is 9.95. The van der Waals surface area contributed by atoms with Crippen molar-refractivity contribution in [3.63, 3.8) is 0 Å². The van der Waals surface area contributed by atoms with E-state index in [9.17, 15) is 26.8 Å². The number of hydrogen-bond donors (Lipinski definition) is 1. The van der Waals surface area contributed by atoms with Gasteiger partial charge in [0.2, 0.25) is 21.8 Å². The Labute approximate surface area is 216 Å². The minimum absolute atomic E-state index is 0.0244. The Morgan fingerprint density at radius 1 is 1.05 bits per heavy atom. The van der Waals surface area contributed by atoms with E-state index >= 15 is 0 Å². The van der Waals surface area contributed by atoms with E-state index in [-0.39, 0.29) is 24.2 Å². The number of carbonyl (C=O) groups excluding carboxylic acids is 2. The van der Waals surface area contributed by atoms with Crippen LogP contribution in [0.1, 0.15) is 44.6 Å². The summed E-state index contributed by atoms with van der Waals surface area (Å²) in [4.78, 5) is 28.0. The number of carbonyl (C=O) groups is 2. The summed E-state index contributed by atoms with van der Waals surface area (Å²) in [5.74, 6) is -2.78. The van der Waals surface area contributed by atoms with Crippen molar-refractivity contribution < 1.29 is 31.5 Å². The average Bonchev–Trinajstić information content (AvgIpc) is 2.87. The molecule has 8 nitrogen and oxygen atoms in total. The predicted molar refractivity (Wildman–Crippen MR) is 137 cm³/mol. The number of halogens is 2. The van der Waals surface area contributed by atoms with Gasteiger partial charge < -0.3 is 15.0 Å². The second-order valence-corrected chi connectivity index (χ2v) is 11.2. The normalized spacial score (nSPS) is 15.1. The third kappa shape index (κ3) is 7.64. The molecule has 1 saturated carbocycles. The lowest BCUT2D eigenvalue weighted by molar-refractivity contribution is -0.139. The van der Waals surface area contributed by atoms with Crippen LogP contribution in [0.4, 0.5) is 14.5 Å². The van der Waals surface area contributed by atoms with Gasteiger partial charge in [-0.2, -0.15) is 0 Å². The number of anilines is 1.